The molecule has 36 heavy (non-hydrogen) atoms. The molecule has 1 spiro atoms. The summed E-state index contributed by atoms with van der Waals surface area (Å²) in [7, 11) is 5.92. The zero-order chi connectivity index (χ0) is 26.1. The summed E-state index contributed by atoms with van der Waals surface area (Å²) in [6.45, 7) is 5.05. The van der Waals surface area contributed by atoms with Crippen LogP contribution in [0.2, 0.25) is 0 Å². The first-order valence-electron chi connectivity index (χ1n) is 13.6. The van der Waals surface area contributed by atoms with Crippen LogP contribution in [0.4, 0.5) is 4.79 Å². The molecule has 3 amide bonds. The fraction of sp³-hybridized carbons (Fsp3) is 0.690. The Kier molecular flexibility index (Phi) is 7.52. The molecule has 7 heteroatoms. The minimum Gasteiger partial charge on any atom is -0.359 e. The van der Waals surface area contributed by atoms with Crippen LogP contribution in [0.1, 0.15) is 70.8 Å². The van der Waals surface area contributed by atoms with Crippen molar-refractivity contribution in [2.24, 2.45) is 11.3 Å². The number of benzene rings is 1. The minimum absolute atomic E-state index is 0.00469. The number of ketones is 1. The highest BCUT2D eigenvalue weighted by molar-refractivity contribution is 5.92. The van der Waals surface area contributed by atoms with Crippen molar-refractivity contribution in [3.8, 4) is 0 Å². The van der Waals surface area contributed by atoms with Crippen molar-refractivity contribution in [1.29, 1.82) is 0 Å². The van der Waals surface area contributed by atoms with E-state index >= 15 is 0 Å². The Morgan fingerprint density at radius 1 is 1.08 bits per heavy atom. The van der Waals surface area contributed by atoms with Crippen molar-refractivity contribution < 1.29 is 14.4 Å². The summed E-state index contributed by atoms with van der Waals surface area (Å²) in [6.07, 6.45) is 7.54. The molecule has 2 aliphatic carbocycles. The zero-order valence-electron chi connectivity index (χ0n) is 22.8. The highest BCUT2D eigenvalue weighted by Crippen LogP contribution is 2.49. The third-order valence-corrected chi connectivity index (χ3v) is 9.25. The SMILES string of the molecule is CNC(=O)C(C)(C)CC(=O)CN1CC2(CCC(c3ccccc3)(N(C)C)CC2)N(CC2CCC2)C1=O. The Bertz CT molecular complexity index is 962. The van der Waals surface area contributed by atoms with Gasteiger partial charge in [-0.25, -0.2) is 4.79 Å². The van der Waals surface area contributed by atoms with Gasteiger partial charge in [-0.05, 0) is 64.1 Å². The number of nitrogens with zero attached hydrogens (tertiary/aromatic N) is 3. The molecule has 0 radical (unpaired) electrons. The van der Waals surface area contributed by atoms with Crippen molar-refractivity contribution in [3.63, 3.8) is 0 Å². The van der Waals surface area contributed by atoms with Crippen molar-refractivity contribution in [2.75, 3.05) is 40.8 Å². The molecule has 0 bridgehead atoms. The Hall–Kier alpha value is -2.41. The lowest BCUT2D eigenvalue weighted by Crippen LogP contribution is -2.56. The van der Waals surface area contributed by atoms with E-state index in [4.69, 9.17) is 0 Å². The number of rotatable bonds is 9. The number of hydrogen-bond acceptors (Lipinski definition) is 4. The lowest BCUT2D eigenvalue weighted by atomic mass is 9.68. The van der Waals surface area contributed by atoms with Crippen LogP contribution in [0.5, 0.6) is 0 Å². The normalized spacial score (nSPS) is 27.0. The van der Waals surface area contributed by atoms with Gasteiger partial charge in [-0.2, -0.15) is 0 Å². The fourth-order valence-electron chi connectivity index (χ4n) is 6.69. The first-order chi connectivity index (χ1) is 17.0. The van der Waals surface area contributed by atoms with Gasteiger partial charge >= 0.3 is 6.03 Å². The van der Waals surface area contributed by atoms with Gasteiger partial charge in [-0.1, -0.05) is 50.6 Å². The molecule has 0 aromatic heterocycles. The molecular formula is C29H44N4O3. The smallest absolute Gasteiger partial charge is 0.321 e. The number of carbonyl (C=O) groups excluding carboxylic acids is 3. The molecule has 198 valence electrons. The molecule has 3 aliphatic rings. The third-order valence-electron chi connectivity index (χ3n) is 9.25. The first-order valence-corrected chi connectivity index (χ1v) is 13.6. The van der Waals surface area contributed by atoms with Crippen molar-refractivity contribution in [3.05, 3.63) is 35.9 Å². The van der Waals surface area contributed by atoms with Crippen LogP contribution in [0, 0.1) is 11.3 Å². The molecule has 0 atom stereocenters. The van der Waals surface area contributed by atoms with E-state index in [-0.39, 0.29) is 41.8 Å². The number of hydrogen-bond donors (Lipinski definition) is 1. The van der Waals surface area contributed by atoms with Crippen molar-refractivity contribution >= 4 is 17.7 Å². The topological polar surface area (TPSA) is 73.0 Å². The summed E-state index contributed by atoms with van der Waals surface area (Å²) in [5.41, 5.74) is 0.281. The average molecular weight is 497 g/mol. The molecule has 1 aromatic rings. The number of amides is 3. The second-order valence-corrected chi connectivity index (χ2v) is 12.2. The van der Waals surface area contributed by atoms with E-state index in [9.17, 15) is 14.4 Å². The van der Waals surface area contributed by atoms with Gasteiger partial charge in [-0.3, -0.25) is 14.5 Å². The average Bonchev–Trinajstić information content (AvgIpc) is 3.06. The number of urea groups is 1. The van der Waals surface area contributed by atoms with Crippen LogP contribution in [0.3, 0.4) is 0 Å². The predicted octanol–water partition coefficient (Wildman–Crippen LogP) is 4.03. The van der Waals surface area contributed by atoms with E-state index in [1.807, 2.05) is 0 Å². The lowest BCUT2D eigenvalue weighted by Gasteiger charge is -2.51. The summed E-state index contributed by atoms with van der Waals surface area (Å²) >= 11 is 0. The predicted molar refractivity (Wildman–Crippen MR) is 141 cm³/mol. The number of carbonyl (C=O) groups is 3. The molecule has 2 saturated carbocycles. The Morgan fingerprint density at radius 3 is 2.25 bits per heavy atom. The maximum absolute atomic E-state index is 13.7. The summed E-state index contributed by atoms with van der Waals surface area (Å²) in [4.78, 5) is 45.2. The molecule has 4 rings (SSSR count). The molecule has 1 heterocycles. The van der Waals surface area contributed by atoms with Gasteiger partial charge in [0.25, 0.3) is 0 Å². The quantitative estimate of drug-likeness (QED) is 0.560. The van der Waals surface area contributed by atoms with E-state index in [0.29, 0.717) is 12.5 Å². The summed E-state index contributed by atoms with van der Waals surface area (Å²) in [6, 6.07) is 10.7. The highest BCUT2D eigenvalue weighted by Gasteiger charge is 2.55. The van der Waals surface area contributed by atoms with Gasteiger partial charge in [-0.15, -0.1) is 0 Å². The van der Waals surface area contributed by atoms with E-state index in [1.54, 1.807) is 25.8 Å². The van der Waals surface area contributed by atoms with Gasteiger partial charge in [0.05, 0.1) is 17.5 Å². The second kappa shape index (κ2) is 10.2. The van der Waals surface area contributed by atoms with Gasteiger partial charge in [0.2, 0.25) is 5.91 Å². The van der Waals surface area contributed by atoms with E-state index in [2.05, 4.69) is 59.5 Å². The van der Waals surface area contributed by atoms with Crippen LogP contribution in [-0.4, -0.2) is 78.7 Å². The first kappa shape index (κ1) is 26.6. The second-order valence-electron chi connectivity index (χ2n) is 12.2. The highest BCUT2D eigenvalue weighted by atomic mass is 16.2. The molecular weight excluding hydrogens is 452 g/mol. The van der Waals surface area contributed by atoms with Crippen molar-refractivity contribution in [2.45, 2.75) is 76.3 Å². The molecule has 1 N–H and O–H groups in total. The van der Waals surface area contributed by atoms with Crippen molar-refractivity contribution in [1.82, 2.24) is 20.0 Å². The van der Waals surface area contributed by atoms with E-state index < -0.39 is 5.41 Å². The summed E-state index contributed by atoms with van der Waals surface area (Å²) in [5.74, 6) is 0.364. The van der Waals surface area contributed by atoms with Crippen LogP contribution in [0.25, 0.3) is 0 Å². The molecule has 1 aromatic carbocycles. The van der Waals surface area contributed by atoms with Crippen LogP contribution in [0.15, 0.2) is 30.3 Å². The summed E-state index contributed by atoms with van der Waals surface area (Å²) in [5, 5.41) is 2.65. The van der Waals surface area contributed by atoms with Gasteiger partial charge < -0.3 is 15.1 Å². The van der Waals surface area contributed by atoms with E-state index in [0.717, 1.165) is 32.2 Å². The van der Waals surface area contributed by atoms with Gasteiger partial charge in [0, 0.05) is 32.1 Å². The third kappa shape index (κ3) is 4.91. The van der Waals surface area contributed by atoms with Crippen LogP contribution < -0.4 is 5.32 Å². The minimum atomic E-state index is -0.788. The maximum Gasteiger partial charge on any atom is 0.321 e. The molecule has 1 saturated heterocycles. The monoisotopic (exact) mass is 496 g/mol. The van der Waals surface area contributed by atoms with Crippen LogP contribution >= 0.6 is 0 Å². The molecule has 1 aliphatic heterocycles. The lowest BCUT2D eigenvalue weighted by molar-refractivity contribution is -0.133. The Labute approximate surface area is 216 Å². The largest absolute Gasteiger partial charge is 0.359 e. The Morgan fingerprint density at radius 2 is 1.72 bits per heavy atom. The zero-order valence-corrected chi connectivity index (χ0v) is 22.8. The van der Waals surface area contributed by atoms with Crippen LogP contribution in [-0.2, 0) is 15.1 Å². The fourth-order valence-corrected chi connectivity index (χ4v) is 6.69. The number of Topliss-reactive ketones (excluding diaryl/α,β-unsaturated/α-hetero) is 1. The summed E-state index contributed by atoms with van der Waals surface area (Å²) < 4.78 is 0. The standard InChI is InChI=1S/C29H44N4O3/c1-27(2,25(35)30-3)18-24(34)20-32-21-28(33(26(32)36)19-22-10-9-11-22)14-16-29(17-15-28,31(4)5)23-12-7-6-8-13-23/h6-8,12-13,22H,9-11,14-21H2,1-5H3,(H,30,35). The maximum atomic E-state index is 13.7. The molecule has 3 fully saturated rings. The Balaban J connectivity index is 1.53. The molecule has 0 unspecified atom stereocenters. The molecule has 7 nitrogen and oxygen atoms in total. The van der Waals surface area contributed by atoms with Gasteiger partial charge in [0.1, 0.15) is 0 Å². The van der Waals surface area contributed by atoms with E-state index in [1.165, 1.54) is 24.8 Å². The number of nitrogens with one attached hydrogen (secondary N) is 1. The van der Waals surface area contributed by atoms with Gasteiger partial charge in [0.15, 0.2) is 5.78 Å².